The molecular formula is C21H39N3O4. The first-order chi connectivity index (χ1) is 13.4. The zero-order chi connectivity index (χ0) is 21.4. The van der Waals surface area contributed by atoms with Crippen molar-refractivity contribution in [3.63, 3.8) is 0 Å². The highest BCUT2D eigenvalue weighted by molar-refractivity contribution is 5.97. The minimum Gasteiger partial charge on any atom is -0.543 e. The summed E-state index contributed by atoms with van der Waals surface area (Å²) in [5, 5.41) is 18.5. The maximum Gasteiger partial charge on any atom is 0.356 e. The van der Waals surface area contributed by atoms with Crippen molar-refractivity contribution in [3.8, 4) is 0 Å². The molecule has 0 amide bonds. The first kappa shape index (κ1) is 26.1. The van der Waals surface area contributed by atoms with Crippen LogP contribution in [-0.2, 0) is 0 Å². The minimum atomic E-state index is -1.58. The van der Waals surface area contributed by atoms with Crippen LogP contribution in [-0.4, -0.2) is 57.7 Å². The molecule has 0 radical (unpaired) electrons. The van der Waals surface area contributed by atoms with Crippen LogP contribution in [0, 0.1) is 0 Å². The van der Waals surface area contributed by atoms with E-state index >= 15 is 0 Å². The van der Waals surface area contributed by atoms with E-state index in [0.717, 1.165) is 6.33 Å². The third-order valence-electron chi connectivity index (χ3n) is 4.99. The highest BCUT2D eigenvalue weighted by atomic mass is 16.4. The number of imidazole rings is 1. The molecule has 0 atom stereocenters. The SMILES string of the molecule is CCCC[N+](CCCC)(CCCC)CCCC.O=C(O)c1nc[nH]c1C(=O)[O-]. The molecule has 1 heterocycles. The number of aromatic amines is 1. The van der Waals surface area contributed by atoms with Crippen LogP contribution in [0.4, 0.5) is 0 Å². The van der Waals surface area contributed by atoms with E-state index < -0.39 is 23.3 Å². The van der Waals surface area contributed by atoms with Gasteiger partial charge in [0.2, 0.25) is 0 Å². The molecule has 28 heavy (non-hydrogen) atoms. The molecular weight excluding hydrogens is 358 g/mol. The topological polar surface area (TPSA) is 106 Å². The fraction of sp³-hybridized carbons (Fsp3) is 0.762. The van der Waals surface area contributed by atoms with Crippen LogP contribution in [0.2, 0.25) is 0 Å². The summed E-state index contributed by atoms with van der Waals surface area (Å²) in [7, 11) is 0. The summed E-state index contributed by atoms with van der Waals surface area (Å²) >= 11 is 0. The molecule has 2 N–H and O–H groups in total. The largest absolute Gasteiger partial charge is 0.543 e. The Kier molecular flexibility index (Phi) is 14.1. The van der Waals surface area contributed by atoms with Crippen LogP contribution in [0.1, 0.15) is 100 Å². The molecule has 7 heteroatoms. The van der Waals surface area contributed by atoms with Gasteiger partial charge in [0.15, 0.2) is 5.69 Å². The van der Waals surface area contributed by atoms with Crippen LogP contribution in [0.25, 0.3) is 0 Å². The fourth-order valence-corrected chi connectivity index (χ4v) is 3.26. The predicted octanol–water partition coefficient (Wildman–Crippen LogP) is 3.48. The van der Waals surface area contributed by atoms with Gasteiger partial charge in [0.1, 0.15) is 0 Å². The summed E-state index contributed by atoms with van der Waals surface area (Å²) in [6.45, 7) is 15.0. The Labute approximate surface area is 169 Å². The molecule has 0 saturated carbocycles. The second-order valence-corrected chi connectivity index (χ2v) is 7.37. The lowest BCUT2D eigenvalue weighted by Gasteiger charge is -2.39. The number of carboxylic acids is 2. The molecule has 0 fully saturated rings. The number of nitrogens with zero attached hydrogens (tertiary/aromatic N) is 2. The standard InChI is InChI=1S/C16H36N.C5H4N2O4/c1-5-9-13-17(14-10-6-2,15-11-7-3)16-12-8-4;8-4(9)2-3(5(10)11)7-1-6-2/h5-16H2,1-4H3;1H,(H,6,7)(H,8,9)(H,10,11)/q+1;/p-1. The molecule has 1 rings (SSSR count). The van der Waals surface area contributed by atoms with Crippen LogP contribution in [0.3, 0.4) is 0 Å². The molecule has 0 unspecified atom stereocenters. The van der Waals surface area contributed by atoms with Crippen molar-refractivity contribution in [1.82, 2.24) is 9.97 Å². The Morgan fingerprint density at radius 1 is 0.929 bits per heavy atom. The Hall–Kier alpha value is -1.89. The number of aromatic nitrogens is 2. The number of hydrogen-bond acceptors (Lipinski definition) is 4. The summed E-state index contributed by atoms with van der Waals surface area (Å²) in [4.78, 5) is 25.7. The Bertz CT molecular complexity index is 492. The molecule has 0 aliphatic carbocycles. The van der Waals surface area contributed by atoms with Gasteiger partial charge in [-0.15, -0.1) is 0 Å². The van der Waals surface area contributed by atoms with Gasteiger partial charge in [-0.1, -0.05) is 53.4 Å². The lowest BCUT2D eigenvalue weighted by Crippen LogP contribution is -2.50. The Morgan fingerprint density at radius 3 is 1.57 bits per heavy atom. The van der Waals surface area contributed by atoms with Crippen molar-refractivity contribution in [2.45, 2.75) is 79.1 Å². The molecule has 1 aromatic rings. The molecule has 0 spiro atoms. The zero-order valence-electron chi connectivity index (χ0n) is 18.1. The summed E-state index contributed by atoms with van der Waals surface area (Å²) in [5.74, 6) is -2.98. The second kappa shape index (κ2) is 15.1. The number of rotatable bonds is 14. The van der Waals surface area contributed by atoms with Gasteiger partial charge < -0.3 is 24.5 Å². The predicted molar refractivity (Wildman–Crippen MR) is 109 cm³/mol. The van der Waals surface area contributed by atoms with Gasteiger partial charge in [-0.25, -0.2) is 9.78 Å². The van der Waals surface area contributed by atoms with E-state index in [1.165, 1.54) is 82.0 Å². The normalized spacial score (nSPS) is 11.0. The number of carbonyl (C=O) groups is 2. The molecule has 0 saturated heterocycles. The minimum absolute atomic E-state index is 0.516. The van der Waals surface area contributed by atoms with Crippen LogP contribution in [0.15, 0.2) is 6.33 Å². The summed E-state index contributed by atoms with van der Waals surface area (Å²) in [5.41, 5.74) is -1.05. The lowest BCUT2D eigenvalue weighted by molar-refractivity contribution is -0.929. The average Bonchev–Trinajstić information content (AvgIpc) is 3.18. The lowest BCUT2D eigenvalue weighted by atomic mass is 10.1. The number of carboxylic acid groups (broad SMARTS) is 2. The maximum atomic E-state index is 10.2. The Morgan fingerprint density at radius 2 is 1.32 bits per heavy atom. The summed E-state index contributed by atoms with van der Waals surface area (Å²) < 4.78 is 1.42. The quantitative estimate of drug-likeness (QED) is 0.468. The van der Waals surface area contributed by atoms with E-state index in [9.17, 15) is 14.7 Å². The van der Waals surface area contributed by atoms with E-state index in [1.54, 1.807) is 0 Å². The van der Waals surface area contributed by atoms with Crippen molar-refractivity contribution in [3.05, 3.63) is 17.7 Å². The number of quaternary nitrogens is 1. The highest BCUT2D eigenvalue weighted by Gasteiger charge is 2.24. The molecule has 0 aliphatic rings. The van der Waals surface area contributed by atoms with Crippen LogP contribution in [0.5, 0.6) is 0 Å². The molecule has 7 nitrogen and oxygen atoms in total. The van der Waals surface area contributed by atoms with Crippen molar-refractivity contribution in [2.24, 2.45) is 0 Å². The summed E-state index contributed by atoms with van der Waals surface area (Å²) in [6, 6.07) is 0. The number of unbranched alkanes of at least 4 members (excludes halogenated alkanes) is 4. The van der Waals surface area contributed by atoms with E-state index in [4.69, 9.17) is 5.11 Å². The molecule has 0 aliphatic heterocycles. The van der Waals surface area contributed by atoms with Gasteiger partial charge in [0.25, 0.3) is 0 Å². The zero-order valence-corrected chi connectivity index (χ0v) is 18.1. The van der Waals surface area contributed by atoms with Crippen LogP contribution >= 0.6 is 0 Å². The highest BCUT2D eigenvalue weighted by Crippen LogP contribution is 2.16. The summed E-state index contributed by atoms with van der Waals surface area (Å²) in [6.07, 6.45) is 12.0. The third kappa shape index (κ3) is 9.88. The second-order valence-electron chi connectivity index (χ2n) is 7.37. The first-order valence-corrected chi connectivity index (χ1v) is 10.7. The molecule has 0 bridgehead atoms. The molecule has 0 aromatic carbocycles. The van der Waals surface area contributed by atoms with Gasteiger partial charge in [-0.05, 0) is 25.7 Å². The van der Waals surface area contributed by atoms with Gasteiger partial charge in [-0.2, -0.15) is 0 Å². The maximum absolute atomic E-state index is 10.2. The van der Waals surface area contributed by atoms with Gasteiger partial charge in [0.05, 0.1) is 44.2 Å². The van der Waals surface area contributed by atoms with E-state index in [1.807, 2.05) is 0 Å². The number of carbonyl (C=O) groups excluding carboxylic acids is 1. The van der Waals surface area contributed by atoms with Gasteiger partial charge in [0, 0.05) is 0 Å². The number of hydrogen-bond donors (Lipinski definition) is 2. The molecule has 1 aromatic heterocycles. The first-order valence-electron chi connectivity index (χ1n) is 10.7. The van der Waals surface area contributed by atoms with Crippen molar-refractivity contribution in [1.29, 1.82) is 0 Å². The fourth-order valence-electron chi connectivity index (χ4n) is 3.26. The average molecular weight is 398 g/mol. The van der Waals surface area contributed by atoms with E-state index in [-0.39, 0.29) is 0 Å². The number of H-pyrrole nitrogens is 1. The van der Waals surface area contributed by atoms with Crippen molar-refractivity contribution >= 4 is 11.9 Å². The smallest absolute Gasteiger partial charge is 0.356 e. The molecule has 162 valence electrons. The van der Waals surface area contributed by atoms with E-state index in [2.05, 4.69) is 37.7 Å². The van der Waals surface area contributed by atoms with Crippen molar-refractivity contribution < 1.29 is 24.3 Å². The van der Waals surface area contributed by atoms with Gasteiger partial charge >= 0.3 is 5.97 Å². The van der Waals surface area contributed by atoms with Gasteiger partial charge in [-0.3, -0.25) is 0 Å². The Balaban J connectivity index is 0.000000567. The monoisotopic (exact) mass is 397 g/mol. The van der Waals surface area contributed by atoms with Crippen molar-refractivity contribution in [2.75, 3.05) is 26.2 Å². The number of nitrogens with one attached hydrogen (secondary N) is 1. The van der Waals surface area contributed by atoms with Crippen LogP contribution < -0.4 is 5.11 Å². The van der Waals surface area contributed by atoms with E-state index in [0.29, 0.717) is 0 Å². The number of aromatic carboxylic acids is 2. The third-order valence-corrected chi connectivity index (χ3v) is 4.99.